The summed E-state index contributed by atoms with van der Waals surface area (Å²) in [5, 5.41) is 0. The quantitative estimate of drug-likeness (QED) is 0.646. The number of pyridine rings is 1. The number of hydrogen-bond donors (Lipinski definition) is 2. The van der Waals surface area contributed by atoms with Gasteiger partial charge in [0.1, 0.15) is 11.5 Å². The van der Waals surface area contributed by atoms with Crippen molar-refractivity contribution in [2.45, 2.75) is 0 Å². The van der Waals surface area contributed by atoms with Crippen LogP contribution in [0.5, 0.6) is 0 Å². The number of aromatic nitrogens is 3. The Bertz CT molecular complexity index is 517. The molecule has 7 heteroatoms. The predicted molar refractivity (Wildman–Crippen MR) is 68.5 cm³/mol. The summed E-state index contributed by atoms with van der Waals surface area (Å²) in [6.45, 7) is 0. The van der Waals surface area contributed by atoms with Crippen molar-refractivity contribution < 1.29 is 0 Å². The molecule has 2 rings (SSSR count). The van der Waals surface area contributed by atoms with Gasteiger partial charge in [0, 0.05) is 27.4 Å². The number of hydrazine groups is 1. The molecule has 0 aliphatic rings. The highest BCUT2D eigenvalue weighted by Crippen LogP contribution is 2.26. The molecule has 16 heavy (non-hydrogen) atoms. The predicted octanol–water partition coefficient (Wildman–Crippen LogP) is 2.35. The molecule has 0 amide bonds. The third-order valence-corrected chi connectivity index (χ3v) is 2.86. The molecule has 2 aromatic heterocycles. The van der Waals surface area contributed by atoms with Crippen molar-refractivity contribution in [2.24, 2.45) is 5.84 Å². The van der Waals surface area contributed by atoms with E-state index in [1.165, 1.54) is 0 Å². The van der Waals surface area contributed by atoms with E-state index in [-0.39, 0.29) is 0 Å². The zero-order valence-electron chi connectivity index (χ0n) is 7.98. The Morgan fingerprint density at radius 2 is 2.06 bits per heavy atom. The Balaban J connectivity index is 2.49. The van der Waals surface area contributed by atoms with E-state index < -0.39 is 0 Å². The van der Waals surface area contributed by atoms with Crippen molar-refractivity contribution in [3.63, 3.8) is 0 Å². The second kappa shape index (κ2) is 4.86. The zero-order chi connectivity index (χ0) is 11.5. The van der Waals surface area contributed by atoms with Crippen molar-refractivity contribution in [1.82, 2.24) is 15.0 Å². The summed E-state index contributed by atoms with van der Waals surface area (Å²) in [5.74, 6) is 6.33. The fourth-order valence-corrected chi connectivity index (χ4v) is 2.30. The van der Waals surface area contributed by atoms with E-state index in [1.807, 2.05) is 6.07 Å². The van der Waals surface area contributed by atoms with Crippen molar-refractivity contribution in [2.75, 3.05) is 5.43 Å². The number of nitrogens with two attached hydrogens (primary N) is 1. The van der Waals surface area contributed by atoms with Crippen LogP contribution in [0.3, 0.4) is 0 Å². The van der Waals surface area contributed by atoms with Gasteiger partial charge in [0.25, 0.3) is 0 Å². The topological polar surface area (TPSA) is 76.7 Å². The van der Waals surface area contributed by atoms with Crippen LogP contribution in [0.15, 0.2) is 33.5 Å². The molecule has 0 saturated heterocycles. The second-order valence-corrected chi connectivity index (χ2v) is 4.66. The number of anilines is 1. The molecule has 0 aliphatic carbocycles. The fourth-order valence-electron chi connectivity index (χ4n) is 1.13. The molecular weight excluding hydrogens is 338 g/mol. The summed E-state index contributed by atoms with van der Waals surface area (Å²) >= 11 is 6.74. The van der Waals surface area contributed by atoms with Crippen molar-refractivity contribution in [3.8, 4) is 11.5 Å². The molecule has 2 aromatic rings. The van der Waals surface area contributed by atoms with Gasteiger partial charge in [-0.3, -0.25) is 4.98 Å². The monoisotopic (exact) mass is 343 g/mol. The first kappa shape index (κ1) is 11.4. The highest BCUT2D eigenvalue weighted by atomic mass is 79.9. The van der Waals surface area contributed by atoms with Gasteiger partial charge in [-0.15, -0.1) is 0 Å². The number of hydrogen-bond acceptors (Lipinski definition) is 5. The summed E-state index contributed by atoms with van der Waals surface area (Å²) in [6.07, 6.45) is 3.31. The van der Waals surface area contributed by atoms with E-state index in [9.17, 15) is 0 Å². The molecule has 0 unspecified atom stereocenters. The SMILES string of the molecule is NNc1ccnc(-c2ncc(Br)cc2Br)n1. The Morgan fingerprint density at radius 3 is 2.75 bits per heavy atom. The normalized spacial score (nSPS) is 10.2. The number of nitrogens with one attached hydrogen (secondary N) is 1. The van der Waals surface area contributed by atoms with Crippen molar-refractivity contribution in [3.05, 3.63) is 33.5 Å². The van der Waals surface area contributed by atoms with Gasteiger partial charge < -0.3 is 5.43 Å². The lowest BCUT2D eigenvalue weighted by Gasteiger charge is -2.04. The summed E-state index contributed by atoms with van der Waals surface area (Å²) in [5.41, 5.74) is 3.13. The van der Waals surface area contributed by atoms with E-state index >= 15 is 0 Å². The van der Waals surface area contributed by atoms with E-state index in [0.29, 0.717) is 17.3 Å². The summed E-state index contributed by atoms with van der Waals surface area (Å²) in [7, 11) is 0. The molecule has 5 nitrogen and oxygen atoms in total. The molecule has 3 N–H and O–H groups in total. The third kappa shape index (κ3) is 2.37. The molecule has 0 radical (unpaired) electrons. The average molecular weight is 345 g/mol. The van der Waals surface area contributed by atoms with E-state index in [2.05, 4.69) is 52.2 Å². The molecule has 0 atom stereocenters. The lowest BCUT2D eigenvalue weighted by Crippen LogP contribution is -2.09. The molecule has 0 spiro atoms. The van der Waals surface area contributed by atoms with E-state index in [1.54, 1.807) is 18.5 Å². The molecule has 0 bridgehead atoms. The first-order chi connectivity index (χ1) is 7.70. The molecule has 0 aliphatic heterocycles. The van der Waals surface area contributed by atoms with E-state index in [4.69, 9.17) is 5.84 Å². The van der Waals surface area contributed by atoms with Crippen LogP contribution in [-0.4, -0.2) is 15.0 Å². The van der Waals surface area contributed by atoms with Crippen LogP contribution in [0.4, 0.5) is 5.82 Å². The smallest absolute Gasteiger partial charge is 0.181 e. The van der Waals surface area contributed by atoms with Gasteiger partial charge in [-0.2, -0.15) is 0 Å². The second-order valence-electron chi connectivity index (χ2n) is 2.89. The first-order valence-electron chi connectivity index (χ1n) is 4.32. The molecule has 0 aromatic carbocycles. The Labute approximate surface area is 109 Å². The maximum atomic E-state index is 5.28. The Morgan fingerprint density at radius 1 is 1.25 bits per heavy atom. The summed E-state index contributed by atoms with van der Waals surface area (Å²) in [4.78, 5) is 12.6. The summed E-state index contributed by atoms with van der Waals surface area (Å²) in [6, 6.07) is 3.56. The fraction of sp³-hybridized carbons (Fsp3) is 0. The third-order valence-electron chi connectivity index (χ3n) is 1.82. The van der Waals surface area contributed by atoms with Crippen molar-refractivity contribution >= 4 is 37.7 Å². The molecular formula is C9H7Br2N5. The van der Waals surface area contributed by atoms with Crippen molar-refractivity contribution in [1.29, 1.82) is 0 Å². The van der Waals surface area contributed by atoms with Crippen LogP contribution >= 0.6 is 31.9 Å². The van der Waals surface area contributed by atoms with E-state index in [0.717, 1.165) is 8.95 Å². The van der Waals surface area contributed by atoms with Gasteiger partial charge in [-0.05, 0) is 37.9 Å². The molecule has 0 saturated carbocycles. The molecule has 0 fully saturated rings. The minimum atomic E-state index is 0.509. The molecule has 2 heterocycles. The minimum Gasteiger partial charge on any atom is -0.308 e. The van der Waals surface area contributed by atoms with Crippen LogP contribution in [-0.2, 0) is 0 Å². The highest BCUT2D eigenvalue weighted by molar-refractivity contribution is 9.11. The Kier molecular flexibility index (Phi) is 3.47. The lowest BCUT2D eigenvalue weighted by atomic mass is 10.3. The number of nitrogen functional groups attached to an aromatic ring is 1. The first-order valence-corrected chi connectivity index (χ1v) is 5.90. The average Bonchev–Trinajstić information content (AvgIpc) is 2.29. The van der Waals surface area contributed by atoms with Gasteiger partial charge in [-0.25, -0.2) is 15.8 Å². The van der Waals surface area contributed by atoms with Crippen LogP contribution in [0.1, 0.15) is 0 Å². The van der Waals surface area contributed by atoms with Gasteiger partial charge in [0.05, 0.1) is 0 Å². The Hall–Kier alpha value is -1.05. The lowest BCUT2D eigenvalue weighted by molar-refractivity contribution is 1.11. The van der Waals surface area contributed by atoms with Crippen LogP contribution < -0.4 is 11.3 Å². The zero-order valence-corrected chi connectivity index (χ0v) is 11.2. The summed E-state index contributed by atoms with van der Waals surface area (Å²) < 4.78 is 1.70. The van der Waals surface area contributed by atoms with Crippen LogP contribution in [0.2, 0.25) is 0 Å². The molecule has 82 valence electrons. The number of nitrogens with zero attached hydrogens (tertiary/aromatic N) is 3. The largest absolute Gasteiger partial charge is 0.308 e. The van der Waals surface area contributed by atoms with Gasteiger partial charge >= 0.3 is 0 Å². The van der Waals surface area contributed by atoms with Crippen LogP contribution in [0.25, 0.3) is 11.5 Å². The van der Waals surface area contributed by atoms with Gasteiger partial charge in [0.15, 0.2) is 5.82 Å². The maximum absolute atomic E-state index is 5.28. The number of rotatable bonds is 2. The minimum absolute atomic E-state index is 0.509. The van der Waals surface area contributed by atoms with Crippen LogP contribution in [0, 0.1) is 0 Å². The maximum Gasteiger partial charge on any atom is 0.181 e. The highest BCUT2D eigenvalue weighted by Gasteiger charge is 2.08. The standard InChI is InChI=1S/C9H7Br2N5/c10-5-3-6(11)8(14-4-5)9-13-2-1-7(15-9)16-12/h1-4H,12H2,(H,13,15,16). The van der Waals surface area contributed by atoms with Gasteiger partial charge in [-0.1, -0.05) is 0 Å². The number of halogens is 2. The van der Waals surface area contributed by atoms with Gasteiger partial charge in [0.2, 0.25) is 0 Å².